The molecule has 1 fully saturated rings. The summed E-state index contributed by atoms with van der Waals surface area (Å²) in [6.45, 7) is 2.15. The average Bonchev–Trinajstić information content (AvgIpc) is 3.02. The van der Waals surface area contributed by atoms with Gasteiger partial charge in [0.2, 0.25) is 5.91 Å². The summed E-state index contributed by atoms with van der Waals surface area (Å²) in [5.74, 6) is -0.217. The van der Waals surface area contributed by atoms with E-state index in [-0.39, 0.29) is 30.2 Å². The third-order valence-electron chi connectivity index (χ3n) is 5.04. The largest absolute Gasteiger partial charge is 0.388 e. The highest BCUT2D eigenvalue weighted by Gasteiger charge is 2.41. The minimum absolute atomic E-state index is 0.115. The Bertz CT molecular complexity index is 953. The molecule has 136 valence electrons. The highest BCUT2D eigenvalue weighted by molar-refractivity contribution is 5.78. The zero-order chi connectivity index (χ0) is 18.5. The van der Waals surface area contributed by atoms with E-state index in [1.54, 1.807) is 16.4 Å². The standard InChI is InChI=1S/C15H22N6O4/c1-15(25)4-5-20(10(22)6-16)7-9(15)21-8-17-12-11(21)13(23)19(3)14(24)18(12)2/h8-9,25H,4-7,16H2,1-3H3/t9-,15-/m0/s1. The van der Waals surface area contributed by atoms with Crippen LogP contribution in [0.5, 0.6) is 0 Å². The molecule has 0 radical (unpaired) electrons. The minimum atomic E-state index is -1.14. The molecule has 0 saturated carbocycles. The topological polar surface area (TPSA) is 128 Å². The first-order chi connectivity index (χ1) is 11.7. The SMILES string of the molecule is Cn1c(=O)c2c(ncn2[C@H]2CN(C(=O)CN)CC[C@]2(C)O)n(C)c1=O. The van der Waals surface area contributed by atoms with Gasteiger partial charge in [-0.2, -0.15) is 0 Å². The number of amides is 1. The molecule has 0 bridgehead atoms. The maximum absolute atomic E-state index is 12.6. The van der Waals surface area contributed by atoms with Crippen LogP contribution >= 0.6 is 0 Å². The van der Waals surface area contributed by atoms with E-state index >= 15 is 0 Å². The molecular formula is C15H22N6O4. The molecule has 2 aromatic rings. The molecule has 0 spiro atoms. The summed E-state index contributed by atoms with van der Waals surface area (Å²) >= 11 is 0. The van der Waals surface area contributed by atoms with E-state index in [9.17, 15) is 19.5 Å². The minimum Gasteiger partial charge on any atom is -0.388 e. The molecular weight excluding hydrogens is 328 g/mol. The Hall–Kier alpha value is -2.46. The van der Waals surface area contributed by atoms with Crippen molar-refractivity contribution in [3.63, 3.8) is 0 Å². The maximum atomic E-state index is 12.6. The summed E-state index contributed by atoms with van der Waals surface area (Å²) in [5, 5.41) is 10.8. The fraction of sp³-hybridized carbons (Fsp3) is 0.600. The number of aliphatic hydroxyl groups is 1. The molecule has 0 aliphatic carbocycles. The van der Waals surface area contributed by atoms with Crippen molar-refractivity contribution in [2.24, 2.45) is 19.8 Å². The summed E-state index contributed by atoms with van der Waals surface area (Å²) in [7, 11) is 2.93. The van der Waals surface area contributed by atoms with Crippen LogP contribution in [0.3, 0.4) is 0 Å². The fourth-order valence-electron chi connectivity index (χ4n) is 3.37. The van der Waals surface area contributed by atoms with Crippen molar-refractivity contribution in [2.75, 3.05) is 19.6 Å². The number of rotatable bonds is 2. The zero-order valence-corrected chi connectivity index (χ0v) is 14.5. The van der Waals surface area contributed by atoms with Crippen LogP contribution in [0, 0.1) is 0 Å². The van der Waals surface area contributed by atoms with Gasteiger partial charge in [0.1, 0.15) is 0 Å². The van der Waals surface area contributed by atoms with E-state index in [4.69, 9.17) is 5.73 Å². The van der Waals surface area contributed by atoms with Crippen molar-refractivity contribution in [3.8, 4) is 0 Å². The summed E-state index contributed by atoms with van der Waals surface area (Å²) in [4.78, 5) is 42.4. The summed E-state index contributed by atoms with van der Waals surface area (Å²) < 4.78 is 3.85. The number of aryl methyl sites for hydroxylation is 1. The lowest BCUT2D eigenvalue weighted by atomic mass is 9.88. The van der Waals surface area contributed by atoms with Gasteiger partial charge in [-0.15, -0.1) is 0 Å². The number of hydrogen-bond donors (Lipinski definition) is 2. The molecule has 3 N–H and O–H groups in total. The summed E-state index contributed by atoms with van der Waals surface area (Å²) in [6, 6.07) is -0.577. The normalized spacial score (nSPS) is 24.0. The van der Waals surface area contributed by atoms with Gasteiger partial charge >= 0.3 is 5.69 Å². The number of nitrogens with two attached hydrogens (primary N) is 1. The highest BCUT2D eigenvalue weighted by atomic mass is 16.3. The molecule has 1 aliphatic rings. The van der Waals surface area contributed by atoms with Crippen LogP contribution in [0.1, 0.15) is 19.4 Å². The number of likely N-dealkylation sites (tertiary alicyclic amines) is 1. The van der Waals surface area contributed by atoms with Crippen LogP contribution in [0.15, 0.2) is 15.9 Å². The van der Waals surface area contributed by atoms with E-state index in [0.717, 1.165) is 4.57 Å². The Kier molecular flexibility index (Phi) is 4.04. The van der Waals surface area contributed by atoms with Crippen LogP contribution in [0.2, 0.25) is 0 Å². The third kappa shape index (κ3) is 2.57. The molecule has 0 unspecified atom stereocenters. The Morgan fingerprint density at radius 2 is 2.08 bits per heavy atom. The number of carbonyl (C=O) groups is 1. The number of aromatic nitrogens is 4. The highest BCUT2D eigenvalue weighted by Crippen LogP contribution is 2.33. The first kappa shape index (κ1) is 17.4. The molecule has 3 heterocycles. The monoisotopic (exact) mass is 350 g/mol. The van der Waals surface area contributed by atoms with Crippen LogP contribution in [-0.2, 0) is 18.9 Å². The molecule has 0 aromatic carbocycles. The number of piperidine rings is 1. The van der Waals surface area contributed by atoms with Gasteiger partial charge < -0.3 is 20.3 Å². The van der Waals surface area contributed by atoms with Crippen molar-refractivity contribution in [1.82, 2.24) is 23.6 Å². The maximum Gasteiger partial charge on any atom is 0.332 e. The van der Waals surface area contributed by atoms with Gasteiger partial charge in [0.15, 0.2) is 11.2 Å². The zero-order valence-electron chi connectivity index (χ0n) is 14.5. The van der Waals surface area contributed by atoms with Crippen molar-refractivity contribution in [2.45, 2.75) is 25.0 Å². The van der Waals surface area contributed by atoms with Gasteiger partial charge in [-0.1, -0.05) is 0 Å². The molecule has 25 heavy (non-hydrogen) atoms. The van der Waals surface area contributed by atoms with E-state index in [2.05, 4.69) is 4.98 Å². The lowest BCUT2D eigenvalue weighted by Gasteiger charge is -2.43. The summed E-state index contributed by atoms with van der Waals surface area (Å²) in [6.07, 6.45) is 1.77. The van der Waals surface area contributed by atoms with Gasteiger partial charge in [0.25, 0.3) is 5.56 Å². The Morgan fingerprint density at radius 1 is 1.40 bits per heavy atom. The van der Waals surface area contributed by atoms with Gasteiger partial charge in [-0.05, 0) is 13.3 Å². The molecule has 2 atom stereocenters. The second kappa shape index (κ2) is 5.81. The van der Waals surface area contributed by atoms with Crippen molar-refractivity contribution >= 4 is 17.1 Å². The second-order valence-corrected chi connectivity index (χ2v) is 6.70. The molecule has 3 rings (SSSR count). The number of carbonyl (C=O) groups excluding carboxylic acids is 1. The number of nitrogens with zero attached hydrogens (tertiary/aromatic N) is 5. The molecule has 1 saturated heterocycles. The van der Waals surface area contributed by atoms with E-state index in [0.29, 0.717) is 13.0 Å². The predicted molar refractivity (Wildman–Crippen MR) is 90.1 cm³/mol. The lowest BCUT2D eigenvalue weighted by Crippen LogP contribution is -2.54. The van der Waals surface area contributed by atoms with Crippen molar-refractivity contribution in [1.29, 1.82) is 0 Å². The lowest BCUT2D eigenvalue weighted by molar-refractivity contribution is -0.136. The molecule has 1 amide bonds. The quantitative estimate of drug-likeness (QED) is 0.639. The predicted octanol–water partition coefficient (Wildman–Crippen LogP) is -2.08. The van der Waals surface area contributed by atoms with Gasteiger partial charge in [-0.3, -0.25) is 18.7 Å². The number of fused-ring (bicyclic) bond motifs is 1. The van der Waals surface area contributed by atoms with E-state index < -0.39 is 22.9 Å². The van der Waals surface area contributed by atoms with Gasteiger partial charge in [0, 0.05) is 27.2 Å². The molecule has 1 aliphatic heterocycles. The van der Waals surface area contributed by atoms with Crippen LogP contribution < -0.4 is 17.0 Å². The average molecular weight is 350 g/mol. The molecule has 10 heteroatoms. The van der Waals surface area contributed by atoms with Gasteiger partial charge in [-0.25, -0.2) is 9.78 Å². The second-order valence-electron chi connectivity index (χ2n) is 6.70. The van der Waals surface area contributed by atoms with Crippen molar-refractivity contribution in [3.05, 3.63) is 27.2 Å². The third-order valence-corrected chi connectivity index (χ3v) is 5.04. The summed E-state index contributed by atoms with van der Waals surface area (Å²) in [5.41, 5.74) is 3.80. The number of imidazole rings is 1. The van der Waals surface area contributed by atoms with Crippen LogP contribution in [0.25, 0.3) is 11.2 Å². The Morgan fingerprint density at radius 3 is 2.72 bits per heavy atom. The molecule has 2 aromatic heterocycles. The first-order valence-corrected chi connectivity index (χ1v) is 8.01. The van der Waals surface area contributed by atoms with Crippen LogP contribution in [-0.4, -0.2) is 59.8 Å². The smallest absolute Gasteiger partial charge is 0.332 e. The number of hydrogen-bond acceptors (Lipinski definition) is 6. The van der Waals surface area contributed by atoms with E-state index in [1.165, 1.54) is 25.0 Å². The first-order valence-electron chi connectivity index (χ1n) is 8.01. The fourth-order valence-corrected chi connectivity index (χ4v) is 3.37. The molecule has 10 nitrogen and oxygen atoms in total. The van der Waals surface area contributed by atoms with Crippen LogP contribution in [0.4, 0.5) is 0 Å². The Balaban J connectivity index is 2.19. The van der Waals surface area contributed by atoms with E-state index in [1.807, 2.05) is 0 Å². The van der Waals surface area contributed by atoms with Gasteiger partial charge in [0.05, 0.1) is 24.5 Å². The Labute approximate surface area is 143 Å². The van der Waals surface area contributed by atoms with Crippen molar-refractivity contribution < 1.29 is 9.90 Å².